The van der Waals surface area contributed by atoms with Crippen molar-refractivity contribution < 1.29 is 102 Å². The SMILES string of the molecule is CCCC[C@H](NC(=O)CCC(=O)NCCCOCCOCCOCCCNC(=O)[C@H](CCC(=O)O)NC(=O)C(CNCCN)CNCCN)C(=O)N[C@H]1CSCc2cccc(c2)CCC[C@@H](C(=O)O)NC(=O)[C@H](Cc2ccccc2)NC(=O)[C@H](CCC(=O)O)NC(=O)[C@H]([C@@H](C)O)NC(=O)[C@@H]2CCCN2C(=O)[C@@H]2CCCN2C1=O. The molecule has 36 nitrogen and oxygen atoms in total. The van der Waals surface area contributed by atoms with Crippen molar-refractivity contribution in [1.82, 2.24) is 68.3 Å². The lowest BCUT2D eigenvalue weighted by molar-refractivity contribution is -0.148. The Hall–Kier alpha value is -8.95. The topological polar surface area (TPSA) is 538 Å². The minimum absolute atomic E-state index is 0.00988. The van der Waals surface area contributed by atoms with Crippen LogP contribution in [-0.2, 0) is 99.9 Å². The lowest BCUT2D eigenvalue weighted by Gasteiger charge is -2.34. The molecule has 3 aliphatic rings. The van der Waals surface area contributed by atoms with Crippen LogP contribution < -0.4 is 70.0 Å². The first-order valence-corrected chi connectivity index (χ1v) is 40.3. The van der Waals surface area contributed by atoms with Crippen LogP contribution in [0.4, 0.5) is 0 Å². The molecule has 0 spiro atoms. The number of carbonyl (C=O) groups is 14. The van der Waals surface area contributed by atoms with Crippen LogP contribution in [0.2, 0.25) is 0 Å². The van der Waals surface area contributed by atoms with E-state index in [1.165, 1.54) is 28.5 Å². The summed E-state index contributed by atoms with van der Waals surface area (Å²) in [6.45, 7) is 7.65. The van der Waals surface area contributed by atoms with E-state index in [-0.39, 0.29) is 142 Å². The number of aliphatic carboxylic acids is 3. The quantitative estimate of drug-likeness (QED) is 0.0314. The lowest BCUT2D eigenvalue weighted by atomic mass is 10.0. The lowest BCUT2D eigenvalue weighted by Crippen LogP contribution is -2.61. The highest BCUT2D eigenvalue weighted by atomic mass is 32.2. The van der Waals surface area contributed by atoms with E-state index < -0.39 is 162 Å². The second-order valence-electron chi connectivity index (χ2n) is 28.2. The van der Waals surface area contributed by atoms with Gasteiger partial charge in [-0.1, -0.05) is 74.4 Å². The molecule has 10 atom stereocenters. The number of hydrogen-bond acceptors (Lipinski definition) is 23. The first kappa shape index (κ1) is 94.6. The van der Waals surface area contributed by atoms with Crippen LogP contribution in [0.3, 0.4) is 0 Å². The highest BCUT2D eigenvalue weighted by molar-refractivity contribution is 7.98. The van der Waals surface area contributed by atoms with Gasteiger partial charge in [0, 0.05) is 122 Å². The van der Waals surface area contributed by atoms with Crippen LogP contribution in [0, 0.1) is 5.92 Å². The molecule has 2 bridgehead atoms. The first-order valence-electron chi connectivity index (χ1n) is 39.2. The van der Waals surface area contributed by atoms with Crippen molar-refractivity contribution in [2.75, 3.05) is 111 Å². The van der Waals surface area contributed by atoms with Gasteiger partial charge in [-0.05, 0) is 101 Å². The van der Waals surface area contributed by atoms with Crippen molar-refractivity contribution in [2.45, 2.75) is 202 Å². The van der Waals surface area contributed by atoms with Gasteiger partial charge in [0.1, 0.15) is 54.4 Å². The summed E-state index contributed by atoms with van der Waals surface area (Å²) in [5.74, 6) is -11.7. The molecule has 3 aliphatic heterocycles. The number of aryl methyl sites for hydroxylation is 1. The van der Waals surface area contributed by atoms with Gasteiger partial charge in [-0.25, -0.2) is 4.79 Å². The molecule has 630 valence electrons. The van der Waals surface area contributed by atoms with Gasteiger partial charge in [-0.15, -0.1) is 0 Å². The number of amides is 11. The molecule has 2 aromatic carbocycles. The summed E-state index contributed by atoms with van der Waals surface area (Å²) < 4.78 is 16.8. The number of carboxylic acid groups (broad SMARTS) is 3. The minimum atomic E-state index is -1.77. The van der Waals surface area contributed by atoms with Gasteiger partial charge in [0.2, 0.25) is 65.0 Å². The molecule has 2 saturated heterocycles. The van der Waals surface area contributed by atoms with E-state index in [1.54, 1.807) is 30.3 Å². The number of nitrogens with one attached hydrogen (secondary N) is 11. The van der Waals surface area contributed by atoms with E-state index in [0.29, 0.717) is 89.0 Å². The van der Waals surface area contributed by atoms with E-state index in [4.69, 9.17) is 25.7 Å². The normalized spacial score (nSPS) is 20.5. The largest absolute Gasteiger partial charge is 0.481 e. The van der Waals surface area contributed by atoms with Crippen molar-refractivity contribution in [3.8, 4) is 0 Å². The highest BCUT2D eigenvalue weighted by Gasteiger charge is 2.45. The zero-order valence-corrected chi connectivity index (χ0v) is 65.7. The minimum Gasteiger partial charge on any atom is -0.481 e. The van der Waals surface area contributed by atoms with Gasteiger partial charge in [-0.2, -0.15) is 11.8 Å². The molecule has 3 heterocycles. The van der Waals surface area contributed by atoms with E-state index in [2.05, 4.69) is 58.5 Å². The molecule has 113 heavy (non-hydrogen) atoms. The average Bonchev–Trinajstić information content (AvgIpc) is 1.67. The third-order valence-corrected chi connectivity index (χ3v) is 20.2. The van der Waals surface area contributed by atoms with Crippen molar-refractivity contribution in [1.29, 1.82) is 0 Å². The number of aliphatic hydroxyl groups excluding tert-OH is 1. The van der Waals surface area contributed by atoms with Crippen molar-refractivity contribution in [3.63, 3.8) is 0 Å². The number of carbonyl (C=O) groups excluding carboxylic acids is 11. The van der Waals surface area contributed by atoms with Gasteiger partial charge in [0.25, 0.3) is 0 Å². The average molecular weight is 1610 g/mol. The van der Waals surface area contributed by atoms with E-state index in [1.807, 2.05) is 31.2 Å². The summed E-state index contributed by atoms with van der Waals surface area (Å²) in [6, 6.07) is 3.82. The highest BCUT2D eigenvalue weighted by Crippen LogP contribution is 2.28. The molecule has 11 amide bonds. The Balaban J connectivity index is 1.16. The predicted octanol–water partition coefficient (Wildman–Crippen LogP) is -2.19. The number of nitrogens with two attached hydrogens (primary N) is 2. The Bertz CT molecular complexity index is 3370. The van der Waals surface area contributed by atoms with Crippen LogP contribution in [-0.4, -0.2) is 284 Å². The number of ether oxygens (including phenoxy) is 3. The number of aliphatic hydroxyl groups is 1. The van der Waals surface area contributed by atoms with Gasteiger partial charge >= 0.3 is 17.9 Å². The molecule has 0 unspecified atom stereocenters. The third-order valence-electron chi connectivity index (χ3n) is 19.1. The van der Waals surface area contributed by atoms with Crippen LogP contribution in [0.1, 0.15) is 140 Å². The van der Waals surface area contributed by atoms with Crippen molar-refractivity contribution >= 4 is 94.6 Å². The fourth-order valence-corrected chi connectivity index (χ4v) is 14.0. The molecule has 37 heteroatoms. The first-order chi connectivity index (χ1) is 54.3. The second kappa shape index (κ2) is 53.2. The van der Waals surface area contributed by atoms with Crippen LogP contribution >= 0.6 is 11.8 Å². The Labute approximate surface area is 663 Å². The zero-order chi connectivity index (χ0) is 82.5. The maximum Gasteiger partial charge on any atom is 0.326 e. The molecule has 0 aliphatic carbocycles. The summed E-state index contributed by atoms with van der Waals surface area (Å²) in [6.07, 6.45) is -0.0512. The van der Waals surface area contributed by atoms with Gasteiger partial charge in [0.05, 0.1) is 38.4 Å². The van der Waals surface area contributed by atoms with Gasteiger partial charge in [0.15, 0.2) is 0 Å². The number of thioether (sulfide) groups is 1. The van der Waals surface area contributed by atoms with Gasteiger partial charge < -0.3 is 114 Å². The third kappa shape index (κ3) is 35.5. The Morgan fingerprint density at radius 2 is 1.18 bits per heavy atom. The molecule has 2 aromatic rings. The summed E-state index contributed by atoms with van der Waals surface area (Å²) >= 11 is 1.31. The number of benzene rings is 2. The van der Waals surface area contributed by atoms with Crippen LogP contribution in [0.5, 0.6) is 0 Å². The van der Waals surface area contributed by atoms with E-state index in [9.17, 15) is 82.8 Å². The second-order valence-corrected chi connectivity index (χ2v) is 29.2. The maximum absolute atomic E-state index is 15.1. The number of rotatable bonds is 44. The molecular formula is C76H119N15O21S. The summed E-state index contributed by atoms with van der Waals surface area (Å²) in [5, 5.41) is 70.4. The smallest absolute Gasteiger partial charge is 0.326 e. The molecule has 19 N–H and O–H groups in total. The summed E-state index contributed by atoms with van der Waals surface area (Å²) in [4.78, 5) is 193. The monoisotopic (exact) mass is 1610 g/mol. The predicted molar refractivity (Wildman–Crippen MR) is 416 cm³/mol. The number of carboxylic acids is 3. The Morgan fingerprint density at radius 1 is 0.584 bits per heavy atom. The number of unbranched alkanes of at least 4 members (excludes halogenated alkanes) is 1. The summed E-state index contributed by atoms with van der Waals surface area (Å²) in [7, 11) is 0. The van der Waals surface area contributed by atoms with Crippen LogP contribution in [0.25, 0.3) is 0 Å². The molecule has 0 aromatic heterocycles. The molecule has 0 saturated carbocycles. The van der Waals surface area contributed by atoms with Crippen molar-refractivity contribution in [2.24, 2.45) is 17.4 Å². The van der Waals surface area contributed by atoms with Gasteiger partial charge in [-0.3, -0.25) is 62.3 Å². The Morgan fingerprint density at radius 3 is 1.81 bits per heavy atom. The summed E-state index contributed by atoms with van der Waals surface area (Å²) in [5.41, 5.74) is 13.3. The zero-order valence-electron chi connectivity index (χ0n) is 64.9. The molecule has 5 rings (SSSR count). The maximum atomic E-state index is 15.1. The number of fused-ring (bicyclic) bond motifs is 4. The molecular weight excluding hydrogens is 1490 g/mol. The van der Waals surface area contributed by atoms with E-state index in [0.717, 1.165) is 11.1 Å². The standard InChI is InChI=1S/C76H119N15O21S/c1-3-4-19-54(83-63(94)26-25-62(93)81-31-12-37-110-39-41-112-42-40-111-38-13-32-82-68(100)55(23-27-64(95)96)84-67(99)53(45-79-33-29-77)46-80-34-30-78)69(101)88-59-48-113-47-52-18-8-16-50(43-52)17-9-20-57(76(108)109)86-71(103)58(44-51-14-6-5-7-15-51)87-70(102)56(24-28-65(97)98)85-73(105)66(49(2)92)89-72(104)60-21-10-35-90(60)75(107)61-22-11-36-91(61)74(59)106/h5-8,14-16,18,43,49,53-61,66,79-80,92H,3-4,9-13,17,19-42,44-48,77-78H2,1-2H3,(H,81,93)(H,82,100)(H,83,94)(H,84,99)(H,85,105)(H,86,103)(H,87,102)(H,88,101)(H,89,104)(H,95,96)(H,97,98)(H,108,109)/t49-,54+,55+,56+,57+,58+,59+,60+,61+,66+/m1/s1. The number of hydrogen-bond donors (Lipinski definition) is 17. The van der Waals surface area contributed by atoms with Crippen LogP contribution in [0.15, 0.2) is 54.6 Å². The van der Waals surface area contributed by atoms with E-state index >= 15 is 4.79 Å². The fraction of sp³-hybridized carbons (Fsp3) is 0.658. The Kier molecular flexibility index (Phi) is 44.5. The molecule has 2 fully saturated rings. The molecule has 0 radical (unpaired) electrons. The number of nitrogens with zero attached hydrogens (tertiary/aromatic N) is 2. The fourth-order valence-electron chi connectivity index (χ4n) is 13.0. The van der Waals surface area contributed by atoms with Crippen molar-refractivity contribution in [3.05, 3.63) is 71.3 Å².